The molecule has 0 aliphatic heterocycles. The Kier molecular flexibility index (Phi) is 5.22. The van der Waals surface area contributed by atoms with Crippen molar-refractivity contribution in [2.45, 2.75) is 26.7 Å². The Morgan fingerprint density at radius 3 is 2.35 bits per heavy atom. The zero-order valence-electron chi connectivity index (χ0n) is 12.1. The van der Waals surface area contributed by atoms with Crippen LogP contribution in [-0.2, 0) is 12.8 Å². The Balaban J connectivity index is 2.11. The zero-order chi connectivity index (χ0) is 14.5. The van der Waals surface area contributed by atoms with E-state index >= 15 is 0 Å². The van der Waals surface area contributed by atoms with E-state index in [2.05, 4.69) is 37.3 Å². The molecular formula is C18H21ClO. The smallest absolute Gasteiger partial charge is 0.0465 e. The molecule has 106 valence electrons. The number of rotatable bonds is 5. The topological polar surface area (TPSA) is 20.2 Å². The van der Waals surface area contributed by atoms with Crippen molar-refractivity contribution in [3.8, 4) is 0 Å². The van der Waals surface area contributed by atoms with E-state index in [0.29, 0.717) is 0 Å². The average molecular weight is 289 g/mol. The van der Waals surface area contributed by atoms with Crippen LogP contribution in [0.1, 0.15) is 22.3 Å². The number of hydrogen-bond acceptors (Lipinski definition) is 1. The van der Waals surface area contributed by atoms with Crippen LogP contribution in [0.5, 0.6) is 0 Å². The molecule has 0 aliphatic carbocycles. The highest BCUT2D eigenvalue weighted by Gasteiger charge is 2.13. The Morgan fingerprint density at radius 1 is 1.00 bits per heavy atom. The van der Waals surface area contributed by atoms with Gasteiger partial charge in [-0.1, -0.05) is 48.0 Å². The predicted octanol–water partition coefficient (Wildman–Crippen LogP) is 4.35. The molecule has 20 heavy (non-hydrogen) atoms. The van der Waals surface area contributed by atoms with Crippen molar-refractivity contribution in [1.82, 2.24) is 0 Å². The number of aliphatic hydroxyl groups is 1. The van der Waals surface area contributed by atoms with Gasteiger partial charge in [-0.05, 0) is 60.9 Å². The number of aliphatic hydroxyl groups excluding tert-OH is 1. The fraction of sp³-hybridized carbons (Fsp3) is 0.333. The van der Waals surface area contributed by atoms with Gasteiger partial charge in [0, 0.05) is 11.6 Å². The van der Waals surface area contributed by atoms with Gasteiger partial charge in [0.05, 0.1) is 0 Å². The normalized spacial score (nSPS) is 12.4. The summed E-state index contributed by atoms with van der Waals surface area (Å²) >= 11 is 6.28. The predicted molar refractivity (Wildman–Crippen MR) is 85.4 cm³/mol. The molecule has 1 atom stereocenters. The van der Waals surface area contributed by atoms with Crippen LogP contribution in [0.15, 0.2) is 42.5 Å². The van der Waals surface area contributed by atoms with Crippen LogP contribution in [0.25, 0.3) is 0 Å². The number of aryl methyl sites for hydroxylation is 2. The molecule has 2 aromatic rings. The summed E-state index contributed by atoms with van der Waals surface area (Å²) in [6.07, 6.45) is 1.69. The van der Waals surface area contributed by atoms with Crippen LogP contribution in [0.2, 0.25) is 5.02 Å². The van der Waals surface area contributed by atoms with Gasteiger partial charge in [-0.2, -0.15) is 0 Å². The highest BCUT2D eigenvalue weighted by molar-refractivity contribution is 6.31. The second-order valence-corrected chi connectivity index (χ2v) is 5.89. The van der Waals surface area contributed by atoms with E-state index in [-0.39, 0.29) is 12.5 Å². The van der Waals surface area contributed by atoms with Crippen LogP contribution < -0.4 is 0 Å². The molecule has 1 unspecified atom stereocenters. The van der Waals surface area contributed by atoms with E-state index in [9.17, 15) is 5.11 Å². The highest BCUT2D eigenvalue weighted by Crippen LogP contribution is 2.23. The minimum absolute atomic E-state index is 0.179. The molecular weight excluding hydrogens is 268 g/mol. The third-order valence-electron chi connectivity index (χ3n) is 3.75. The fourth-order valence-corrected chi connectivity index (χ4v) is 2.79. The molecule has 0 saturated heterocycles. The molecule has 0 bridgehead atoms. The summed E-state index contributed by atoms with van der Waals surface area (Å²) in [4.78, 5) is 0. The van der Waals surface area contributed by atoms with Crippen molar-refractivity contribution in [2.75, 3.05) is 6.61 Å². The van der Waals surface area contributed by atoms with Crippen molar-refractivity contribution in [2.24, 2.45) is 5.92 Å². The molecule has 0 fully saturated rings. The SMILES string of the molecule is Cc1ccc(CC(CO)Cc2ccccc2C)c(Cl)c1. The first kappa shape index (κ1) is 15.1. The van der Waals surface area contributed by atoms with Crippen LogP contribution >= 0.6 is 11.6 Å². The summed E-state index contributed by atoms with van der Waals surface area (Å²) < 4.78 is 0. The lowest BCUT2D eigenvalue weighted by atomic mass is 9.91. The monoisotopic (exact) mass is 288 g/mol. The van der Waals surface area contributed by atoms with Crippen molar-refractivity contribution in [3.05, 3.63) is 69.7 Å². The molecule has 1 N–H and O–H groups in total. The van der Waals surface area contributed by atoms with Gasteiger partial charge in [0.25, 0.3) is 0 Å². The standard InChI is InChI=1S/C18H21ClO/c1-13-7-8-17(18(19)9-13)11-15(12-20)10-16-6-4-3-5-14(16)2/h3-9,15,20H,10-12H2,1-2H3. The van der Waals surface area contributed by atoms with Gasteiger partial charge >= 0.3 is 0 Å². The first-order valence-electron chi connectivity index (χ1n) is 7.00. The second-order valence-electron chi connectivity index (χ2n) is 5.48. The van der Waals surface area contributed by atoms with Crippen molar-refractivity contribution < 1.29 is 5.11 Å². The van der Waals surface area contributed by atoms with Crippen LogP contribution in [0.4, 0.5) is 0 Å². The van der Waals surface area contributed by atoms with E-state index in [4.69, 9.17) is 11.6 Å². The van der Waals surface area contributed by atoms with Gasteiger partial charge < -0.3 is 5.11 Å². The molecule has 0 amide bonds. The molecule has 0 aromatic heterocycles. The lowest BCUT2D eigenvalue weighted by Gasteiger charge is -2.17. The van der Waals surface area contributed by atoms with Gasteiger partial charge in [-0.15, -0.1) is 0 Å². The number of benzene rings is 2. The summed E-state index contributed by atoms with van der Waals surface area (Å²) in [5, 5.41) is 10.4. The Bertz CT molecular complexity index is 577. The van der Waals surface area contributed by atoms with Crippen LogP contribution in [0, 0.1) is 19.8 Å². The van der Waals surface area contributed by atoms with E-state index in [0.717, 1.165) is 23.4 Å². The van der Waals surface area contributed by atoms with E-state index in [1.165, 1.54) is 16.7 Å². The highest BCUT2D eigenvalue weighted by atomic mass is 35.5. The molecule has 2 rings (SSSR count). The summed E-state index contributed by atoms with van der Waals surface area (Å²) in [5.74, 6) is 0.205. The Hall–Kier alpha value is -1.31. The third kappa shape index (κ3) is 3.84. The van der Waals surface area contributed by atoms with Crippen molar-refractivity contribution >= 4 is 11.6 Å². The molecule has 0 saturated carbocycles. The first-order valence-corrected chi connectivity index (χ1v) is 7.38. The minimum Gasteiger partial charge on any atom is -0.396 e. The van der Waals surface area contributed by atoms with E-state index in [1.54, 1.807) is 0 Å². The van der Waals surface area contributed by atoms with E-state index in [1.807, 2.05) is 19.1 Å². The quantitative estimate of drug-likeness (QED) is 0.867. The Labute approximate surface area is 126 Å². The van der Waals surface area contributed by atoms with Gasteiger partial charge in [-0.25, -0.2) is 0 Å². The van der Waals surface area contributed by atoms with Gasteiger partial charge in [0.15, 0.2) is 0 Å². The van der Waals surface area contributed by atoms with E-state index < -0.39 is 0 Å². The van der Waals surface area contributed by atoms with Crippen LogP contribution in [0.3, 0.4) is 0 Å². The number of halogens is 1. The zero-order valence-corrected chi connectivity index (χ0v) is 12.8. The lowest BCUT2D eigenvalue weighted by molar-refractivity contribution is 0.225. The summed E-state index contributed by atoms with van der Waals surface area (Å²) in [5.41, 5.74) is 4.86. The van der Waals surface area contributed by atoms with Crippen LogP contribution in [-0.4, -0.2) is 11.7 Å². The Morgan fingerprint density at radius 2 is 1.70 bits per heavy atom. The molecule has 0 radical (unpaired) electrons. The molecule has 0 aliphatic rings. The second kappa shape index (κ2) is 6.92. The summed E-state index contributed by atoms with van der Waals surface area (Å²) in [6.45, 7) is 4.33. The molecule has 0 heterocycles. The lowest BCUT2D eigenvalue weighted by Crippen LogP contribution is -2.14. The molecule has 1 nitrogen and oxygen atoms in total. The van der Waals surface area contributed by atoms with Gasteiger partial charge in [0.1, 0.15) is 0 Å². The van der Waals surface area contributed by atoms with Crippen molar-refractivity contribution in [1.29, 1.82) is 0 Å². The maximum Gasteiger partial charge on any atom is 0.0465 e. The fourth-order valence-electron chi connectivity index (χ4n) is 2.48. The molecule has 0 spiro atoms. The third-order valence-corrected chi connectivity index (χ3v) is 4.10. The van der Waals surface area contributed by atoms with Gasteiger partial charge in [0.2, 0.25) is 0 Å². The molecule has 2 heteroatoms. The first-order chi connectivity index (χ1) is 9.60. The molecule has 2 aromatic carbocycles. The maximum absolute atomic E-state index is 9.64. The average Bonchev–Trinajstić information content (AvgIpc) is 2.43. The summed E-state index contributed by atoms with van der Waals surface area (Å²) in [6, 6.07) is 14.5. The number of hydrogen-bond donors (Lipinski definition) is 1. The summed E-state index contributed by atoms with van der Waals surface area (Å²) in [7, 11) is 0. The van der Waals surface area contributed by atoms with Gasteiger partial charge in [-0.3, -0.25) is 0 Å². The minimum atomic E-state index is 0.179. The maximum atomic E-state index is 9.64. The largest absolute Gasteiger partial charge is 0.396 e. The van der Waals surface area contributed by atoms with Crippen molar-refractivity contribution in [3.63, 3.8) is 0 Å².